The first-order valence-electron chi connectivity index (χ1n) is 5.13. The molecule has 0 amide bonds. The molecule has 0 saturated heterocycles. The standard InChI is InChI=1S/C10H22S2/c1-2-3-4-5-6-7-8-9-10(11)12/h10-12H,2-9H2,1H3. The summed E-state index contributed by atoms with van der Waals surface area (Å²) in [5.74, 6) is 0. The van der Waals surface area contributed by atoms with Gasteiger partial charge in [0.05, 0.1) is 0 Å². The second kappa shape index (κ2) is 9.79. The van der Waals surface area contributed by atoms with Gasteiger partial charge in [-0.05, 0) is 6.42 Å². The van der Waals surface area contributed by atoms with Crippen molar-refractivity contribution in [1.29, 1.82) is 0 Å². The van der Waals surface area contributed by atoms with Crippen LogP contribution in [0.3, 0.4) is 0 Å². The van der Waals surface area contributed by atoms with Gasteiger partial charge >= 0.3 is 0 Å². The van der Waals surface area contributed by atoms with Gasteiger partial charge in [-0.2, -0.15) is 25.3 Å². The highest BCUT2D eigenvalue weighted by Gasteiger charge is 1.95. The lowest BCUT2D eigenvalue weighted by atomic mass is 10.1. The Labute approximate surface area is 88.3 Å². The molecule has 0 nitrogen and oxygen atoms in total. The van der Waals surface area contributed by atoms with Crippen molar-refractivity contribution in [2.75, 3.05) is 0 Å². The van der Waals surface area contributed by atoms with Crippen molar-refractivity contribution < 1.29 is 0 Å². The van der Waals surface area contributed by atoms with E-state index in [-0.39, 0.29) is 0 Å². The van der Waals surface area contributed by atoms with Crippen molar-refractivity contribution >= 4 is 25.3 Å². The maximum Gasteiger partial charge on any atom is 0.0442 e. The predicted octanol–water partition coefficient (Wildman–Crippen LogP) is 4.31. The zero-order chi connectivity index (χ0) is 9.23. The molecule has 0 aromatic carbocycles. The molecule has 0 N–H and O–H groups in total. The van der Waals surface area contributed by atoms with Crippen molar-refractivity contribution in [1.82, 2.24) is 0 Å². The van der Waals surface area contributed by atoms with Crippen LogP contribution in [0.15, 0.2) is 0 Å². The third-order valence-electron chi connectivity index (χ3n) is 2.07. The molecule has 0 aliphatic heterocycles. The van der Waals surface area contributed by atoms with Gasteiger partial charge in [-0.25, -0.2) is 0 Å². The van der Waals surface area contributed by atoms with Crippen LogP contribution < -0.4 is 0 Å². The van der Waals surface area contributed by atoms with Crippen LogP contribution >= 0.6 is 25.3 Å². The second-order valence-electron chi connectivity index (χ2n) is 3.39. The monoisotopic (exact) mass is 206 g/mol. The molecule has 0 saturated carbocycles. The molecule has 0 radical (unpaired) electrons. The number of thiol groups is 2. The summed E-state index contributed by atoms with van der Waals surface area (Å²) >= 11 is 8.44. The molecule has 2 heteroatoms. The van der Waals surface area contributed by atoms with Crippen molar-refractivity contribution in [3.8, 4) is 0 Å². The Morgan fingerprint density at radius 1 is 0.833 bits per heavy atom. The van der Waals surface area contributed by atoms with Crippen LogP contribution in [0, 0.1) is 0 Å². The van der Waals surface area contributed by atoms with Crippen molar-refractivity contribution in [2.45, 2.75) is 62.9 Å². The normalized spacial score (nSPS) is 11.0. The SMILES string of the molecule is CCCCCCCCCC(S)S. The summed E-state index contributed by atoms with van der Waals surface area (Å²) in [5, 5.41) is 0. The Kier molecular flexibility index (Phi) is 10.4. The van der Waals surface area contributed by atoms with Crippen LogP contribution in [-0.4, -0.2) is 4.58 Å². The quantitative estimate of drug-likeness (QED) is 0.330. The summed E-state index contributed by atoms with van der Waals surface area (Å²) in [6, 6.07) is 0. The molecule has 0 aliphatic carbocycles. The first-order valence-corrected chi connectivity index (χ1v) is 6.16. The fraction of sp³-hybridized carbons (Fsp3) is 1.00. The molecule has 0 spiro atoms. The maximum atomic E-state index is 4.22. The Morgan fingerprint density at radius 2 is 1.33 bits per heavy atom. The number of rotatable bonds is 8. The minimum atomic E-state index is 0.292. The van der Waals surface area contributed by atoms with Gasteiger partial charge in [0.1, 0.15) is 0 Å². The van der Waals surface area contributed by atoms with Crippen molar-refractivity contribution in [3.05, 3.63) is 0 Å². The molecule has 0 aromatic rings. The molecule has 0 aliphatic rings. The molecule has 0 bridgehead atoms. The molecule has 0 rings (SSSR count). The van der Waals surface area contributed by atoms with Crippen LogP contribution in [-0.2, 0) is 0 Å². The van der Waals surface area contributed by atoms with E-state index in [4.69, 9.17) is 0 Å². The zero-order valence-electron chi connectivity index (χ0n) is 8.13. The summed E-state index contributed by atoms with van der Waals surface area (Å²) in [7, 11) is 0. The third-order valence-corrected chi connectivity index (χ3v) is 2.58. The Morgan fingerprint density at radius 3 is 1.83 bits per heavy atom. The van der Waals surface area contributed by atoms with Crippen LogP contribution in [0.2, 0.25) is 0 Å². The van der Waals surface area contributed by atoms with Crippen LogP contribution in [0.25, 0.3) is 0 Å². The fourth-order valence-electron chi connectivity index (χ4n) is 1.28. The van der Waals surface area contributed by atoms with E-state index in [1.54, 1.807) is 0 Å². The van der Waals surface area contributed by atoms with E-state index in [9.17, 15) is 0 Å². The molecule has 0 unspecified atom stereocenters. The summed E-state index contributed by atoms with van der Waals surface area (Å²) in [6.07, 6.45) is 10.8. The van der Waals surface area contributed by atoms with E-state index in [2.05, 4.69) is 32.2 Å². The van der Waals surface area contributed by atoms with Crippen molar-refractivity contribution in [2.24, 2.45) is 0 Å². The number of unbranched alkanes of at least 4 members (excludes halogenated alkanes) is 6. The number of hydrogen-bond donors (Lipinski definition) is 2. The van der Waals surface area contributed by atoms with Gasteiger partial charge in [0, 0.05) is 4.58 Å². The molecular weight excluding hydrogens is 184 g/mol. The molecule has 0 heterocycles. The third kappa shape index (κ3) is 10.7. The van der Waals surface area contributed by atoms with E-state index in [0.29, 0.717) is 4.58 Å². The second-order valence-corrected chi connectivity index (χ2v) is 5.04. The highest BCUT2D eigenvalue weighted by Crippen LogP contribution is 2.13. The minimum Gasteiger partial charge on any atom is -0.165 e. The highest BCUT2D eigenvalue weighted by molar-refractivity contribution is 7.99. The lowest BCUT2D eigenvalue weighted by Crippen LogP contribution is -1.87. The Hall–Kier alpha value is 0.700. The zero-order valence-corrected chi connectivity index (χ0v) is 9.92. The van der Waals surface area contributed by atoms with Gasteiger partial charge in [0.2, 0.25) is 0 Å². The van der Waals surface area contributed by atoms with Crippen molar-refractivity contribution in [3.63, 3.8) is 0 Å². The topological polar surface area (TPSA) is 0 Å². The lowest BCUT2D eigenvalue weighted by molar-refractivity contribution is 0.584. The molecule has 74 valence electrons. The molecule has 0 fully saturated rings. The van der Waals surface area contributed by atoms with Crippen LogP contribution in [0.5, 0.6) is 0 Å². The highest BCUT2D eigenvalue weighted by atomic mass is 32.2. The van der Waals surface area contributed by atoms with Crippen LogP contribution in [0.4, 0.5) is 0 Å². The summed E-state index contributed by atoms with van der Waals surface area (Å²) in [6.45, 7) is 2.26. The fourth-order valence-corrected chi connectivity index (χ4v) is 1.65. The first-order chi connectivity index (χ1) is 5.77. The van der Waals surface area contributed by atoms with E-state index < -0.39 is 0 Å². The summed E-state index contributed by atoms with van der Waals surface area (Å²) in [5.41, 5.74) is 0. The van der Waals surface area contributed by atoms with Crippen LogP contribution in [0.1, 0.15) is 58.3 Å². The Bertz CT molecular complexity index is 81.9. The van der Waals surface area contributed by atoms with E-state index in [0.717, 1.165) is 6.42 Å². The predicted molar refractivity (Wildman–Crippen MR) is 64.4 cm³/mol. The van der Waals surface area contributed by atoms with Gasteiger partial charge < -0.3 is 0 Å². The van der Waals surface area contributed by atoms with E-state index in [1.807, 2.05) is 0 Å². The molecular formula is C10H22S2. The van der Waals surface area contributed by atoms with Gasteiger partial charge in [0.25, 0.3) is 0 Å². The van der Waals surface area contributed by atoms with Gasteiger partial charge in [0.15, 0.2) is 0 Å². The number of hydrogen-bond acceptors (Lipinski definition) is 2. The molecule has 0 atom stereocenters. The van der Waals surface area contributed by atoms with Gasteiger partial charge in [-0.15, -0.1) is 0 Å². The Balaban J connectivity index is 2.82. The maximum absolute atomic E-state index is 4.22. The van der Waals surface area contributed by atoms with Gasteiger partial charge in [-0.3, -0.25) is 0 Å². The largest absolute Gasteiger partial charge is 0.165 e. The average molecular weight is 206 g/mol. The van der Waals surface area contributed by atoms with Gasteiger partial charge in [-0.1, -0.05) is 51.9 Å². The summed E-state index contributed by atoms with van der Waals surface area (Å²) in [4.78, 5) is 0. The molecule has 0 aromatic heterocycles. The van der Waals surface area contributed by atoms with E-state index in [1.165, 1.54) is 44.9 Å². The first kappa shape index (κ1) is 12.7. The van der Waals surface area contributed by atoms with E-state index >= 15 is 0 Å². The smallest absolute Gasteiger partial charge is 0.0442 e. The average Bonchev–Trinajstić information content (AvgIpc) is 2.02. The minimum absolute atomic E-state index is 0.292. The summed E-state index contributed by atoms with van der Waals surface area (Å²) < 4.78 is 0.292. The lowest BCUT2D eigenvalue weighted by Gasteiger charge is -2.02. The molecule has 12 heavy (non-hydrogen) atoms.